The van der Waals surface area contributed by atoms with Gasteiger partial charge in [-0.1, -0.05) is 12.1 Å². The van der Waals surface area contributed by atoms with Gasteiger partial charge in [-0.25, -0.2) is 19.9 Å². The quantitative estimate of drug-likeness (QED) is 0.377. The van der Waals surface area contributed by atoms with Crippen LogP contribution in [0.4, 0.5) is 17.2 Å². The van der Waals surface area contributed by atoms with Crippen LogP contribution in [0.1, 0.15) is 12.2 Å². The van der Waals surface area contributed by atoms with Crippen molar-refractivity contribution in [3.05, 3.63) is 95.8 Å². The van der Waals surface area contributed by atoms with Crippen LogP contribution in [0, 0.1) is 6.92 Å². The summed E-state index contributed by atoms with van der Waals surface area (Å²) in [5, 5.41) is 6.62. The second-order valence-corrected chi connectivity index (χ2v) is 7.87. The Balaban J connectivity index is 1.19. The highest BCUT2D eigenvalue weighted by molar-refractivity contribution is 5.90. The van der Waals surface area contributed by atoms with E-state index in [1.165, 1.54) is 17.2 Å². The van der Waals surface area contributed by atoms with Gasteiger partial charge in [0.1, 0.15) is 23.8 Å². The fourth-order valence-electron chi connectivity index (χ4n) is 3.66. The van der Waals surface area contributed by atoms with E-state index in [1.807, 2.05) is 42.0 Å². The fraction of sp³-hybridized carbons (Fsp3) is 0.120. The standard InChI is InChI=1S/C25H22N8O2/c1-17-26-11-13-33(17)23-14-22(27-15-28-23)30-18-6-8-19(9-7-18)31-24(34)10-12-32-16-29-21-5-3-2-4-20(21)25(32)35/h2-9,11,13-16H,10,12H2,1H3,(H,31,34)(H,27,28,30). The lowest BCUT2D eigenvalue weighted by atomic mass is 10.2. The monoisotopic (exact) mass is 466 g/mol. The number of aryl methyl sites for hydroxylation is 2. The maximum atomic E-state index is 12.6. The fourth-order valence-corrected chi connectivity index (χ4v) is 3.66. The van der Waals surface area contributed by atoms with E-state index in [4.69, 9.17) is 0 Å². The summed E-state index contributed by atoms with van der Waals surface area (Å²) in [6.07, 6.45) is 6.67. The summed E-state index contributed by atoms with van der Waals surface area (Å²) in [5.41, 5.74) is 1.95. The number of carbonyl (C=O) groups is 1. The van der Waals surface area contributed by atoms with Crippen LogP contribution < -0.4 is 16.2 Å². The number of hydrogen-bond acceptors (Lipinski definition) is 7. The molecule has 0 saturated heterocycles. The average Bonchev–Trinajstić information content (AvgIpc) is 3.31. The summed E-state index contributed by atoms with van der Waals surface area (Å²) < 4.78 is 3.32. The lowest BCUT2D eigenvalue weighted by Gasteiger charge is -2.10. The van der Waals surface area contributed by atoms with Crippen molar-refractivity contribution in [2.24, 2.45) is 0 Å². The minimum Gasteiger partial charge on any atom is -0.340 e. The maximum absolute atomic E-state index is 12.6. The molecule has 0 fully saturated rings. The minimum atomic E-state index is -0.193. The Labute approximate surface area is 200 Å². The van der Waals surface area contributed by atoms with Crippen LogP contribution in [0.25, 0.3) is 16.7 Å². The van der Waals surface area contributed by atoms with Crippen molar-refractivity contribution in [2.45, 2.75) is 19.9 Å². The Morgan fingerprint density at radius 1 is 0.971 bits per heavy atom. The Morgan fingerprint density at radius 2 is 1.77 bits per heavy atom. The van der Waals surface area contributed by atoms with Crippen molar-refractivity contribution in [3.8, 4) is 5.82 Å². The molecule has 1 amide bonds. The molecule has 3 heterocycles. The van der Waals surface area contributed by atoms with Crippen molar-refractivity contribution >= 4 is 34.0 Å². The maximum Gasteiger partial charge on any atom is 0.261 e. The molecule has 10 nitrogen and oxygen atoms in total. The Kier molecular flexibility index (Phi) is 6.00. The molecule has 0 atom stereocenters. The lowest BCUT2D eigenvalue weighted by molar-refractivity contribution is -0.116. The summed E-state index contributed by atoms with van der Waals surface area (Å²) in [6.45, 7) is 2.15. The van der Waals surface area contributed by atoms with Crippen LogP contribution in [0.3, 0.4) is 0 Å². The Hall–Kier alpha value is -4.86. The molecule has 174 valence electrons. The number of hydrogen-bond donors (Lipinski definition) is 2. The third kappa shape index (κ3) is 4.91. The number of benzene rings is 2. The zero-order valence-electron chi connectivity index (χ0n) is 18.9. The first-order chi connectivity index (χ1) is 17.1. The van der Waals surface area contributed by atoms with Crippen molar-refractivity contribution in [1.82, 2.24) is 29.1 Å². The number of nitrogens with zero attached hydrogens (tertiary/aromatic N) is 6. The van der Waals surface area contributed by atoms with Crippen LogP contribution in [0.5, 0.6) is 0 Å². The first kappa shape index (κ1) is 22.0. The predicted molar refractivity (Wildman–Crippen MR) is 133 cm³/mol. The number of imidazole rings is 1. The highest BCUT2D eigenvalue weighted by atomic mass is 16.2. The molecule has 3 aromatic heterocycles. The van der Waals surface area contributed by atoms with Gasteiger partial charge < -0.3 is 10.6 Å². The molecule has 5 aromatic rings. The Morgan fingerprint density at radius 3 is 2.57 bits per heavy atom. The molecular weight excluding hydrogens is 444 g/mol. The van der Waals surface area contributed by atoms with Crippen LogP contribution >= 0.6 is 0 Å². The van der Waals surface area contributed by atoms with Gasteiger partial charge in [-0.3, -0.25) is 18.7 Å². The molecule has 0 radical (unpaired) electrons. The molecule has 0 aliphatic carbocycles. The molecular formula is C25H22N8O2. The third-order valence-electron chi connectivity index (χ3n) is 5.48. The average molecular weight is 467 g/mol. The summed E-state index contributed by atoms with van der Waals surface area (Å²) in [5.74, 6) is 1.98. The van der Waals surface area contributed by atoms with E-state index < -0.39 is 0 Å². The van der Waals surface area contributed by atoms with Gasteiger partial charge in [0.05, 0.1) is 17.2 Å². The SMILES string of the molecule is Cc1nccn1-c1cc(Nc2ccc(NC(=O)CCn3cnc4ccccc4c3=O)cc2)ncn1. The number of fused-ring (bicyclic) bond motifs is 1. The number of nitrogens with one attached hydrogen (secondary N) is 2. The van der Waals surface area contributed by atoms with E-state index in [1.54, 1.807) is 36.5 Å². The summed E-state index contributed by atoms with van der Waals surface area (Å²) in [6, 6.07) is 16.3. The molecule has 0 aliphatic rings. The number of carbonyl (C=O) groups excluding carboxylic acids is 1. The van der Waals surface area contributed by atoms with Gasteiger partial charge in [0, 0.05) is 42.8 Å². The number of aromatic nitrogens is 6. The van der Waals surface area contributed by atoms with Crippen LogP contribution in [0.2, 0.25) is 0 Å². The topological polar surface area (TPSA) is 120 Å². The summed E-state index contributed by atoms with van der Waals surface area (Å²) in [7, 11) is 0. The molecule has 0 spiro atoms. The number of rotatable bonds is 7. The molecule has 10 heteroatoms. The van der Waals surface area contributed by atoms with Crippen LogP contribution in [-0.2, 0) is 11.3 Å². The van der Waals surface area contributed by atoms with Crippen LogP contribution in [0.15, 0.2) is 84.4 Å². The zero-order valence-corrected chi connectivity index (χ0v) is 18.9. The normalized spacial score (nSPS) is 10.9. The summed E-state index contributed by atoms with van der Waals surface area (Å²) in [4.78, 5) is 42.0. The zero-order chi connectivity index (χ0) is 24.2. The molecule has 0 bridgehead atoms. The predicted octanol–water partition coefficient (Wildman–Crippen LogP) is 3.45. The van der Waals surface area contributed by atoms with Gasteiger partial charge >= 0.3 is 0 Å². The van der Waals surface area contributed by atoms with Crippen molar-refractivity contribution < 1.29 is 4.79 Å². The third-order valence-corrected chi connectivity index (χ3v) is 5.48. The van der Waals surface area contributed by atoms with E-state index in [-0.39, 0.29) is 24.4 Å². The van der Waals surface area contributed by atoms with Gasteiger partial charge in [-0.2, -0.15) is 0 Å². The van der Waals surface area contributed by atoms with E-state index in [2.05, 4.69) is 30.6 Å². The highest BCUT2D eigenvalue weighted by Gasteiger charge is 2.08. The smallest absolute Gasteiger partial charge is 0.261 e. The Bertz CT molecular complexity index is 1560. The molecule has 35 heavy (non-hydrogen) atoms. The highest BCUT2D eigenvalue weighted by Crippen LogP contribution is 2.19. The first-order valence-electron chi connectivity index (χ1n) is 11.0. The van der Waals surface area contributed by atoms with Crippen molar-refractivity contribution in [2.75, 3.05) is 10.6 Å². The van der Waals surface area contributed by atoms with E-state index in [0.717, 1.165) is 11.5 Å². The molecule has 2 aromatic carbocycles. The van der Waals surface area contributed by atoms with Gasteiger partial charge in [0.15, 0.2) is 0 Å². The molecule has 2 N–H and O–H groups in total. The molecule has 5 rings (SSSR count). The van der Waals surface area contributed by atoms with E-state index in [0.29, 0.717) is 28.2 Å². The van der Waals surface area contributed by atoms with Gasteiger partial charge in [0.25, 0.3) is 5.56 Å². The molecule has 0 aliphatic heterocycles. The number of para-hydroxylation sites is 1. The minimum absolute atomic E-state index is 0.150. The van der Waals surface area contributed by atoms with Crippen molar-refractivity contribution in [3.63, 3.8) is 0 Å². The first-order valence-corrected chi connectivity index (χ1v) is 11.0. The van der Waals surface area contributed by atoms with E-state index >= 15 is 0 Å². The lowest BCUT2D eigenvalue weighted by Crippen LogP contribution is -2.23. The van der Waals surface area contributed by atoms with Crippen LogP contribution in [-0.4, -0.2) is 35.0 Å². The van der Waals surface area contributed by atoms with Gasteiger partial charge in [-0.15, -0.1) is 0 Å². The number of anilines is 3. The van der Waals surface area contributed by atoms with Crippen molar-refractivity contribution in [1.29, 1.82) is 0 Å². The molecule has 0 unspecified atom stereocenters. The van der Waals surface area contributed by atoms with E-state index in [9.17, 15) is 9.59 Å². The molecule has 0 saturated carbocycles. The largest absolute Gasteiger partial charge is 0.340 e. The second kappa shape index (κ2) is 9.56. The van der Waals surface area contributed by atoms with Gasteiger partial charge in [0.2, 0.25) is 5.91 Å². The second-order valence-electron chi connectivity index (χ2n) is 7.87. The van der Waals surface area contributed by atoms with Gasteiger partial charge in [-0.05, 0) is 43.3 Å². The summed E-state index contributed by atoms with van der Waals surface area (Å²) >= 11 is 0. The number of amides is 1.